The predicted octanol–water partition coefficient (Wildman–Crippen LogP) is 23.4. The van der Waals surface area contributed by atoms with Crippen molar-refractivity contribution in [2.75, 3.05) is 6.61 Å². The maximum absolute atomic E-state index is 13.2. The summed E-state index contributed by atoms with van der Waals surface area (Å²) in [5.74, 6) is 24.4. The third-order valence-electron chi connectivity index (χ3n) is 46.9. The average molecular weight is 1830 g/mol. The van der Waals surface area contributed by atoms with Crippen molar-refractivity contribution < 1.29 is 81.0 Å². The lowest BCUT2D eigenvalue weighted by atomic mass is 9.49. The molecule has 24 aliphatic carbocycles. The van der Waals surface area contributed by atoms with Crippen LogP contribution in [0.5, 0.6) is 0 Å². The molecule has 0 N–H and O–H groups in total. The number of hydrogen-bond acceptors (Lipinski definition) is 17. The van der Waals surface area contributed by atoms with Crippen molar-refractivity contribution in [1.29, 1.82) is 0 Å². The number of carbonyl (C=O) groups excluding carboxylic acids is 9. The molecule has 0 aromatic carbocycles. The van der Waals surface area contributed by atoms with Gasteiger partial charge in [-0.15, -0.1) is 0 Å². The fourth-order valence-corrected chi connectivity index (χ4v) is 37.7. The Balaban J connectivity index is 0.000000102. The van der Waals surface area contributed by atoms with Crippen molar-refractivity contribution in [1.82, 2.24) is 0 Å². The Morgan fingerprint density at radius 1 is 0.371 bits per heavy atom. The molecule has 0 amide bonds. The summed E-state index contributed by atoms with van der Waals surface area (Å²) in [4.78, 5) is 113. The lowest BCUT2D eigenvalue weighted by molar-refractivity contribution is -0.216. The number of rotatable bonds is 15. The van der Waals surface area contributed by atoms with Gasteiger partial charge in [0.15, 0.2) is 0 Å². The van der Waals surface area contributed by atoms with E-state index < -0.39 is 23.1 Å². The zero-order chi connectivity index (χ0) is 93.7. The molecule has 17 heteroatoms. The fraction of sp³-hybridized carbons (Fsp3) is 0.922. The number of hydrogen-bond donors (Lipinski definition) is 0. The van der Waals surface area contributed by atoms with E-state index in [-0.39, 0.29) is 124 Å². The number of esters is 8. The van der Waals surface area contributed by atoms with Gasteiger partial charge >= 0.3 is 47.8 Å². The second-order valence-electron chi connectivity index (χ2n) is 53.4. The van der Waals surface area contributed by atoms with Crippen LogP contribution in [0.4, 0.5) is 0 Å². The van der Waals surface area contributed by atoms with Crippen molar-refractivity contribution in [3.63, 3.8) is 0 Å². The molecule has 0 radical (unpaired) electrons. The van der Waals surface area contributed by atoms with E-state index in [0.29, 0.717) is 149 Å². The molecule has 738 valence electrons. The summed E-state index contributed by atoms with van der Waals surface area (Å²) in [6, 6.07) is 0. The Morgan fingerprint density at radius 3 is 1.11 bits per heavy atom. The van der Waals surface area contributed by atoms with Gasteiger partial charge in [0.25, 0.3) is 0 Å². The van der Waals surface area contributed by atoms with Crippen LogP contribution < -0.4 is 0 Å². The summed E-state index contributed by atoms with van der Waals surface area (Å²) >= 11 is 0. The molecular weight excluding hydrogens is 1650 g/mol. The zero-order valence-corrected chi connectivity index (χ0v) is 85.2. The molecule has 132 heavy (non-hydrogen) atoms. The molecule has 0 spiro atoms. The molecule has 38 unspecified atom stereocenters. The highest BCUT2D eigenvalue weighted by molar-refractivity contribution is 5.85. The second-order valence-corrected chi connectivity index (χ2v) is 53.4. The topological polar surface area (TPSA) is 227 Å². The first-order valence-corrected chi connectivity index (χ1v) is 55.8. The van der Waals surface area contributed by atoms with Gasteiger partial charge in [0.05, 0.1) is 47.3 Å². The lowest BCUT2D eigenvalue weighted by Gasteiger charge is -2.60. The van der Waals surface area contributed by atoms with Crippen molar-refractivity contribution in [3.8, 4) is 0 Å². The summed E-state index contributed by atoms with van der Waals surface area (Å²) in [5.41, 5.74) is -1.43. The Bertz CT molecular complexity index is 4210. The lowest BCUT2D eigenvalue weighted by Crippen LogP contribution is -2.60. The molecule has 38 atom stereocenters. The van der Waals surface area contributed by atoms with Gasteiger partial charge < -0.3 is 37.9 Å². The third kappa shape index (κ3) is 17.0. The molecule has 26 aliphatic rings. The van der Waals surface area contributed by atoms with Crippen LogP contribution in [-0.4, -0.2) is 101 Å². The SMILES string of the molecule is CC1C2CC(C(=O)OC3(C)C4CC5CC(C4)CC3C5)C(C2)C1C.CC1C2CC(C(=O)OC3C(=O)OCC3(C)C)C(C2)C1C.CC1C2CC(C(=O)OC3C4CC5C(=O)OC3C5C4)C(C2)C1C.CC1CCC(C(C)(C)OC(=O)C2CC3CC2C(C)C3C)C(=O)C1.CCC1(OC(=O)C2CC3CC2C(C)C3C)C2CC3CC(C2)CC1C3.CCC1(OC(=O)C2CC3CC2C(C)C3C)CCCCC1. The molecule has 24 saturated carbocycles. The average Bonchev–Trinajstić information content (AvgIpc) is 1.63. The first-order chi connectivity index (χ1) is 62.6. The van der Waals surface area contributed by atoms with E-state index in [1.807, 2.05) is 27.7 Å². The maximum Gasteiger partial charge on any atom is 0.348 e. The van der Waals surface area contributed by atoms with Crippen molar-refractivity contribution >= 4 is 53.5 Å². The highest BCUT2D eigenvalue weighted by Gasteiger charge is 2.67. The Morgan fingerprint density at radius 2 is 0.742 bits per heavy atom. The summed E-state index contributed by atoms with van der Waals surface area (Å²) in [6.07, 6.45) is 38.4. The summed E-state index contributed by atoms with van der Waals surface area (Å²) < 4.78 is 47.0. The van der Waals surface area contributed by atoms with Gasteiger partial charge in [-0.05, 0) is 422 Å². The number of cyclic esters (lactones) is 1. The number of ketones is 1. The van der Waals surface area contributed by atoms with Gasteiger partial charge in [-0.1, -0.05) is 124 Å². The molecule has 17 nitrogen and oxygen atoms in total. The van der Waals surface area contributed by atoms with Gasteiger partial charge in [0.2, 0.25) is 6.10 Å². The Hall–Kier alpha value is -4.57. The van der Waals surface area contributed by atoms with Crippen LogP contribution in [0.15, 0.2) is 0 Å². The van der Waals surface area contributed by atoms with E-state index in [9.17, 15) is 43.2 Å². The predicted molar refractivity (Wildman–Crippen MR) is 504 cm³/mol. The second kappa shape index (κ2) is 36.5. The van der Waals surface area contributed by atoms with E-state index >= 15 is 0 Å². The van der Waals surface area contributed by atoms with Crippen LogP contribution in [0.25, 0.3) is 0 Å². The van der Waals surface area contributed by atoms with Gasteiger partial charge in [-0.2, -0.15) is 0 Å². The Kier molecular flexibility index (Phi) is 26.6. The monoisotopic (exact) mass is 1830 g/mol. The maximum atomic E-state index is 13.2. The van der Waals surface area contributed by atoms with Crippen molar-refractivity contribution in [2.24, 2.45) is 260 Å². The van der Waals surface area contributed by atoms with Crippen LogP contribution in [0.3, 0.4) is 0 Å². The first kappa shape index (κ1) is 96.3. The third-order valence-corrected chi connectivity index (χ3v) is 46.9. The van der Waals surface area contributed by atoms with E-state index in [1.54, 1.807) is 0 Å². The number of ether oxygens (including phenoxy) is 8. The Labute approximate surface area is 794 Å². The fourth-order valence-electron chi connectivity index (χ4n) is 37.7. The quantitative estimate of drug-likeness (QED) is 0.110. The molecule has 26 fully saturated rings. The first-order valence-electron chi connectivity index (χ1n) is 55.8. The van der Waals surface area contributed by atoms with E-state index in [0.717, 1.165) is 167 Å². The largest absolute Gasteiger partial charge is 0.462 e. The number of Topliss-reactive ketones (excluding diaryl/α,β-unsaturated/α-hetero) is 1. The minimum absolute atomic E-state index is 0.0108. The molecular formula is C115H176O17. The van der Waals surface area contributed by atoms with E-state index in [2.05, 4.69) is 111 Å². The number of fused-ring (bicyclic) bond motifs is 13. The van der Waals surface area contributed by atoms with E-state index in [1.165, 1.54) is 116 Å². The summed E-state index contributed by atoms with van der Waals surface area (Å²) in [5, 5.41) is 0. The smallest absolute Gasteiger partial charge is 0.348 e. The van der Waals surface area contributed by atoms with Gasteiger partial charge in [0.1, 0.15) is 47.0 Å². The highest BCUT2D eigenvalue weighted by atomic mass is 16.6. The summed E-state index contributed by atoms with van der Waals surface area (Å²) in [6.45, 7) is 44.8. The van der Waals surface area contributed by atoms with Crippen molar-refractivity contribution in [3.05, 3.63) is 0 Å². The van der Waals surface area contributed by atoms with Crippen LogP contribution in [0, 0.1) is 260 Å². The van der Waals surface area contributed by atoms with Gasteiger partial charge in [-0.25, -0.2) is 4.79 Å². The minimum atomic E-state index is -0.734. The zero-order valence-electron chi connectivity index (χ0n) is 85.2. The molecule has 2 aliphatic heterocycles. The van der Waals surface area contributed by atoms with Crippen LogP contribution >= 0.6 is 0 Å². The highest BCUT2D eigenvalue weighted by Crippen LogP contribution is 2.67. The summed E-state index contributed by atoms with van der Waals surface area (Å²) in [7, 11) is 0. The van der Waals surface area contributed by atoms with Crippen LogP contribution in [0.1, 0.15) is 357 Å². The molecule has 2 saturated heterocycles. The van der Waals surface area contributed by atoms with Gasteiger partial charge in [0, 0.05) is 23.7 Å². The molecule has 0 aromatic heterocycles. The van der Waals surface area contributed by atoms with Gasteiger partial charge in [-0.3, -0.25) is 38.4 Å². The number of carbonyl (C=O) groups is 9. The molecule has 0 aromatic rings. The van der Waals surface area contributed by atoms with Crippen molar-refractivity contribution in [2.45, 2.75) is 397 Å². The molecule has 22 bridgehead atoms. The molecule has 26 rings (SSSR count). The minimum Gasteiger partial charge on any atom is -0.462 e. The normalized spacial score (nSPS) is 51.4. The van der Waals surface area contributed by atoms with Crippen LogP contribution in [-0.2, 0) is 81.0 Å². The van der Waals surface area contributed by atoms with E-state index in [4.69, 9.17) is 37.9 Å². The van der Waals surface area contributed by atoms with Crippen LogP contribution in [0.2, 0.25) is 0 Å². The molecule has 2 heterocycles. The standard InChI is InChI=1S/C22H34O2.C21H32O2.C20H32O3.C18H24O4.C18H30O2.C16H24O4/c1-4-22(17-6-14-5-15(8-17)9-18(22)7-14)24-21(23)20-11-16-10-19(20)13(3)12(16)2;1-11-12(2)18-9-15(11)10-19(18)20(22)23-21(3)16-5-13-4-14(7-16)8-17(21)6-13;1-11-6-7-17(18(21)8-11)20(4,5)23-19(22)16-10-14-9-15(16)13(3)12(14)2;1-7-8(2)11-3-9(7)4-13(11)17(19)21-15-10-5-12-14(6-10)18(20)22-16(12)15;1-4-18(8-6-5-7-9-18)20-17(19)16-11-14-10-15(16)13(3)12(14)2;1-8-9(2)11-5-10(8)6-12(11)14(17)20-13-15(18)19-7-16(13,3)4/h12-20H,4-11H2,1-3H3;11-19H,4-10H2,1-3H3;11-17H,6-10H2,1-5H3;7-16H,3-6H2,1-2H3;12-16H,4-11H2,1-3H3;8-13H,5-7H2,1-4H3.